The summed E-state index contributed by atoms with van der Waals surface area (Å²) >= 11 is 1.36. The first-order valence-corrected chi connectivity index (χ1v) is 6.74. The number of hydrogen-bond donors (Lipinski definition) is 2. The summed E-state index contributed by atoms with van der Waals surface area (Å²) in [5.41, 5.74) is 10.8. The van der Waals surface area contributed by atoms with Gasteiger partial charge in [0.2, 0.25) is 11.8 Å². The van der Waals surface area contributed by atoms with Crippen LogP contribution < -0.4 is 11.5 Å². The second kappa shape index (κ2) is 5.05. The van der Waals surface area contributed by atoms with Gasteiger partial charge in [-0.1, -0.05) is 18.0 Å². The molecule has 4 N–H and O–H groups in total. The minimum Gasteiger partial charge on any atom is -0.369 e. The zero-order valence-corrected chi connectivity index (χ0v) is 10.3. The van der Waals surface area contributed by atoms with Crippen LogP contribution in [0.3, 0.4) is 0 Å². The number of nitrogens with two attached hydrogens (primary N) is 2. The number of hydrogen-bond acceptors (Lipinski definition) is 6. The number of thioether (sulfide) groups is 1. The molecular formula is C10H16N4O2S. The van der Waals surface area contributed by atoms with Crippen molar-refractivity contribution in [2.45, 2.75) is 37.0 Å². The first-order chi connectivity index (χ1) is 8.10. The number of aromatic nitrogens is 2. The van der Waals surface area contributed by atoms with E-state index in [-0.39, 0.29) is 11.7 Å². The van der Waals surface area contributed by atoms with Crippen LogP contribution in [-0.2, 0) is 16.1 Å². The lowest BCUT2D eigenvalue weighted by Gasteiger charge is -2.17. The molecule has 94 valence electrons. The van der Waals surface area contributed by atoms with Crippen LogP contribution in [-0.4, -0.2) is 21.8 Å². The van der Waals surface area contributed by atoms with Gasteiger partial charge in [-0.25, -0.2) is 0 Å². The predicted octanol–water partition coefficient (Wildman–Crippen LogP) is 0.516. The summed E-state index contributed by atoms with van der Waals surface area (Å²) in [6, 6.07) is 0. The number of nitrogens with zero attached hydrogens (tertiary/aromatic N) is 2. The molecule has 0 saturated heterocycles. The van der Waals surface area contributed by atoms with E-state index in [0.717, 1.165) is 25.7 Å². The fourth-order valence-corrected chi connectivity index (χ4v) is 2.58. The molecule has 6 nitrogen and oxygen atoms in total. The van der Waals surface area contributed by atoms with Gasteiger partial charge in [0.1, 0.15) is 0 Å². The fraction of sp³-hybridized carbons (Fsp3) is 0.700. The molecule has 1 fully saturated rings. The van der Waals surface area contributed by atoms with Crippen LogP contribution in [0.1, 0.15) is 37.4 Å². The molecule has 1 amide bonds. The summed E-state index contributed by atoms with van der Waals surface area (Å²) in [5, 5.41) is 3.93. The smallest absolute Gasteiger partial charge is 0.236 e. The molecule has 7 heteroatoms. The van der Waals surface area contributed by atoms with Gasteiger partial charge in [0, 0.05) is 0 Å². The number of carbonyl (C=O) groups is 1. The monoisotopic (exact) mass is 256 g/mol. The molecule has 0 aromatic carbocycles. The van der Waals surface area contributed by atoms with E-state index < -0.39 is 5.54 Å². The summed E-state index contributed by atoms with van der Waals surface area (Å²) < 4.78 is 5.11. The quantitative estimate of drug-likeness (QED) is 0.795. The van der Waals surface area contributed by atoms with Crippen LogP contribution in [0.25, 0.3) is 0 Å². The van der Waals surface area contributed by atoms with E-state index in [1.807, 2.05) is 0 Å². The predicted molar refractivity (Wildman–Crippen MR) is 64.0 cm³/mol. The molecule has 1 aromatic heterocycles. The maximum Gasteiger partial charge on any atom is 0.236 e. The van der Waals surface area contributed by atoms with Gasteiger partial charge in [-0.15, -0.1) is 11.8 Å². The Balaban J connectivity index is 1.93. The summed E-state index contributed by atoms with van der Waals surface area (Å²) in [6.45, 7) is 0. The van der Waals surface area contributed by atoms with Crippen molar-refractivity contribution in [3.05, 3.63) is 11.7 Å². The van der Waals surface area contributed by atoms with E-state index >= 15 is 0 Å². The van der Waals surface area contributed by atoms with Crippen LogP contribution >= 0.6 is 11.8 Å². The van der Waals surface area contributed by atoms with E-state index in [0.29, 0.717) is 17.5 Å². The second-order valence-corrected chi connectivity index (χ2v) is 5.32. The molecule has 1 saturated carbocycles. The minimum atomic E-state index is -0.421. The third kappa shape index (κ3) is 2.98. The van der Waals surface area contributed by atoms with Gasteiger partial charge in [0.25, 0.3) is 0 Å². The molecule has 1 aromatic rings. The lowest BCUT2D eigenvalue weighted by Crippen LogP contribution is -2.34. The topological polar surface area (TPSA) is 108 Å². The zero-order valence-electron chi connectivity index (χ0n) is 9.52. The maximum absolute atomic E-state index is 10.6. The Morgan fingerprint density at radius 1 is 1.47 bits per heavy atom. The summed E-state index contributed by atoms with van der Waals surface area (Å²) in [7, 11) is 0. The molecule has 1 heterocycles. The highest BCUT2D eigenvalue weighted by Crippen LogP contribution is 2.34. The first-order valence-electron chi connectivity index (χ1n) is 5.58. The molecule has 1 aliphatic carbocycles. The van der Waals surface area contributed by atoms with Crippen molar-refractivity contribution in [3.8, 4) is 0 Å². The lowest BCUT2D eigenvalue weighted by atomic mass is 9.99. The van der Waals surface area contributed by atoms with Crippen molar-refractivity contribution in [1.82, 2.24) is 10.1 Å². The molecule has 17 heavy (non-hydrogen) atoms. The van der Waals surface area contributed by atoms with Gasteiger partial charge in [-0.3, -0.25) is 4.79 Å². The van der Waals surface area contributed by atoms with Crippen LogP contribution in [0.4, 0.5) is 0 Å². The lowest BCUT2D eigenvalue weighted by molar-refractivity contribution is -0.115. The average molecular weight is 256 g/mol. The number of primary amides is 1. The molecule has 1 aliphatic rings. The Bertz CT molecular complexity index is 401. The van der Waals surface area contributed by atoms with Gasteiger partial charge < -0.3 is 16.0 Å². The first kappa shape index (κ1) is 12.4. The number of rotatable bonds is 5. The van der Waals surface area contributed by atoms with Crippen molar-refractivity contribution in [2.75, 3.05) is 5.75 Å². The van der Waals surface area contributed by atoms with Crippen LogP contribution in [0, 0.1) is 0 Å². The van der Waals surface area contributed by atoms with Gasteiger partial charge in [0.05, 0.1) is 17.0 Å². The minimum absolute atomic E-state index is 0.255. The second-order valence-electron chi connectivity index (χ2n) is 4.33. The Kier molecular flexibility index (Phi) is 3.68. The van der Waals surface area contributed by atoms with Gasteiger partial charge in [0.15, 0.2) is 5.82 Å². The summed E-state index contributed by atoms with van der Waals surface area (Å²) in [6.07, 6.45) is 4.02. The van der Waals surface area contributed by atoms with E-state index in [1.165, 1.54) is 11.8 Å². The Morgan fingerprint density at radius 3 is 2.82 bits per heavy atom. The van der Waals surface area contributed by atoms with E-state index in [4.69, 9.17) is 16.0 Å². The van der Waals surface area contributed by atoms with E-state index in [2.05, 4.69) is 10.1 Å². The molecule has 0 aliphatic heterocycles. The number of amides is 1. The van der Waals surface area contributed by atoms with Crippen LogP contribution in [0.5, 0.6) is 0 Å². The fourth-order valence-electron chi connectivity index (χ4n) is 1.98. The Labute approximate surface area is 103 Å². The third-order valence-electron chi connectivity index (χ3n) is 2.88. The zero-order chi connectivity index (χ0) is 12.3. The van der Waals surface area contributed by atoms with Crippen molar-refractivity contribution in [1.29, 1.82) is 0 Å². The van der Waals surface area contributed by atoms with Crippen LogP contribution in [0.2, 0.25) is 0 Å². The normalized spacial score (nSPS) is 18.4. The van der Waals surface area contributed by atoms with Gasteiger partial charge >= 0.3 is 0 Å². The standard InChI is InChI=1S/C10H16N4O2S/c11-7(15)5-17-6-8-13-9(14-16-8)10(12)3-1-2-4-10/h1-6,12H2,(H2,11,15). The largest absolute Gasteiger partial charge is 0.369 e. The molecule has 2 rings (SSSR count). The third-order valence-corrected chi connectivity index (χ3v) is 3.82. The summed E-state index contributed by atoms with van der Waals surface area (Å²) in [4.78, 5) is 14.9. The SMILES string of the molecule is NC(=O)CSCc1nc(C2(N)CCCC2)no1. The maximum atomic E-state index is 10.6. The molecular weight excluding hydrogens is 240 g/mol. The van der Waals surface area contributed by atoms with Gasteiger partial charge in [-0.2, -0.15) is 4.98 Å². The van der Waals surface area contributed by atoms with Crippen molar-refractivity contribution < 1.29 is 9.32 Å². The van der Waals surface area contributed by atoms with E-state index in [1.54, 1.807) is 0 Å². The Hall–Kier alpha value is -1.08. The molecule has 0 unspecified atom stereocenters. The van der Waals surface area contributed by atoms with Crippen molar-refractivity contribution in [3.63, 3.8) is 0 Å². The van der Waals surface area contributed by atoms with Crippen LogP contribution in [0.15, 0.2) is 4.52 Å². The summed E-state index contributed by atoms with van der Waals surface area (Å²) in [5.74, 6) is 1.49. The molecule has 0 radical (unpaired) electrons. The number of carbonyl (C=O) groups excluding carboxylic acids is 1. The molecule has 0 bridgehead atoms. The molecule has 0 atom stereocenters. The molecule has 0 spiro atoms. The van der Waals surface area contributed by atoms with Crippen molar-refractivity contribution in [2.24, 2.45) is 11.5 Å². The van der Waals surface area contributed by atoms with Gasteiger partial charge in [-0.05, 0) is 12.8 Å². The average Bonchev–Trinajstić information content (AvgIpc) is 2.87. The highest BCUT2D eigenvalue weighted by Gasteiger charge is 2.35. The Morgan fingerprint density at radius 2 is 2.18 bits per heavy atom. The highest BCUT2D eigenvalue weighted by molar-refractivity contribution is 7.99. The highest BCUT2D eigenvalue weighted by atomic mass is 32.2. The van der Waals surface area contributed by atoms with E-state index in [9.17, 15) is 4.79 Å². The van der Waals surface area contributed by atoms with Crippen molar-refractivity contribution >= 4 is 17.7 Å².